The fourth-order valence-corrected chi connectivity index (χ4v) is 11.0. The van der Waals surface area contributed by atoms with Crippen LogP contribution in [0.15, 0.2) is 66.5 Å². The summed E-state index contributed by atoms with van der Waals surface area (Å²) in [6.45, 7) is 8.49. The predicted molar refractivity (Wildman–Crippen MR) is 208 cm³/mol. The summed E-state index contributed by atoms with van der Waals surface area (Å²) in [6.07, 6.45) is 10.1. The molecule has 0 bridgehead atoms. The Bertz CT molecular complexity index is 2720. The molecular formula is C40H50N8O8. The summed E-state index contributed by atoms with van der Waals surface area (Å²) < 4.78 is 32.9. The van der Waals surface area contributed by atoms with Crippen molar-refractivity contribution in [2.75, 3.05) is 28.4 Å². The molecule has 2 saturated carbocycles. The molecular weight excluding hydrogens is 720 g/mol. The van der Waals surface area contributed by atoms with Crippen LogP contribution in [-0.2, 0) is 65.6 Å². The van der Waals surface area contributed by atoms with E-state index in [4.69, 9.17) is 28.9 Å². The first kappa shape index (κ1) is 37.4. The van der Waals surface area contributed by atoms with Crippen LogP contribution in [-0.4, -0.2) is 65.8 Å². The number of imidazole rings is 2. The number of hydrogen-bond acceptors (Lipinski definition) is 10. The van der Waals surface area contributed by atoms with Gasteiger partial charge in [0.15, 0.2) is 45.4 Å². The topological polar surface area (TPSA) is 161 Å². The first-order chi connectivity index (χ1) is 26.9. The van der Waals surface area contributed by atoms with Crippen molar-refractivity contribution in [2.45, 2.75) is 79.1 Å². The maximum absolute atomic E-state index is 14.0. The molecule has 4 aliphatic carbocycles. The van der Waals surface area contributed by atoms with E-state index in [0.717, 1.165) is 0 Å². The van der Waals surface area contributed by atoms with Crippen LogP contribution in [0.4, 0.5) is 0 Å². The maximum Gasteiger partial charge on any atom is 0.332 e. The quantitative estimate of drug-likeness (QED) is 0.222. The number of nitrogens with zero attached hydrogens (tertiary/aromatic N) is 8. The second kappa shape index (κ2) is 12.7. The van der Waals surface area contributed by atoms with Crippen molar-refractivity contribution in [1.82, 2.24) is 37.4 Å². The Hall–Kier alpha value is -5.54. The Kier molecular flexibility index (Phi) is 8.51. The van der Waals surface area contributed by atoms with E-state index in [1.165, 1.54) is 9.13 Å². The fourth-order valence-electron chi connectivity index (χ4n) is 11.0. The van der Waals surface area contributed by atoms with Gasteiger partial charge in [-0.15, -0.1) is 0 Å². The molecule has 0 aliphatic heterocycles. The van der Waals surface area contributed by atoms with Crippen molar-refractivity contribution in [2.24, 2.45) is 36.3 Å². The van der Waals surface area contributed by atoms with Gasteiger partial charge in [-0.25, -0.2) is 19.6 Å². The summed E-state index contributed by atoms with van der Waals surface area (Å²) in [6, 6.07) is 0. The molecule has 5 atom stereocenters. The number of aromatic nitrogens is 8. The van der Waals surface area contributed by atoms with Gasteiger partial charge in [0.05, 0.1) is 28.4 Å². The molecule has 5 unspecified atom stereocenters. The molecule has 2 fully saturated rings. The number of hydrogen-bond donors (Lipinski definition) is 0. The van der Waals surface area contributed by atoms with Crippen LogP contribution in [0.2, 0.25) is 0 Å². The third-order valence-electron chi connectivity index (χ3n) is 13.4. The number of rotatable bonds is 11. The molecule has 3 spiro atoms. The normalized spacial score (nSPS) is 26.5. The average Bonchev–Trinajstić information content (AvgIpc) is 3.78. The number of allylic oxidation sites excluding steroid dienone is 4. The minimum Gasteiger partial charge on any atom is -0.493 e. The van der Waals surface area contributed by atoms with Crippen LogP contribution in [0, 0.1) is 22.2 Å². The van der Waals surface area contributed by atoms with Gasteiger partial charge in [0, 0.05) is 68.9 Å². The third kappa shape index (κ3) is 4.35. The van der Waals surface area contributed by atoms with Crippen molar-refractivity contribution < 1.29 is 18.9 Å². The molecule has 4 heterocycles. The van der Waals surface area contributed by atoms with Crippen molar-refractivity contribution in [3.63, 3.8) is 0 Å². The first-order valence-electron chi connectivity index (χ1n) is 19.3. The molecule has 0 aromatic carbocycles. The maximum atomic E-state index is 14.0. The largest absolute Gasteiger partial charge is 0.493 e. The van der Waals surface area contributed by atoms with Gasteiger partial charge < -0.3 is 28.1 Å². The van der Waals surface area contributed by atoms with Gasteiger partial charge in [0.2, 0.25) is 0 Å². The fraction of sp³-hybridized carbons (Fsp3) is 0.550. The molecule has 8 rings (SSSR count). The number of fused-ring (bicyclic) bond motifs is 4. The van der Waals surface area contributed by atoms with E-state index in [1.54, 1.807) is 51.4 Å². The summed E-state index contributed by atoms with van der Waals surface area (Å²) in [5.74, 6) is 3.41. The van der Waals surface area contributed by atoms with Gasteiger partial charge in [0.1, 0.15) is 11.6 Å². The van der Waals surface area contributed by atoms with E-state index in [9.17, 15) is 19.2 Å². The molecule has 298 valence electrons. The smallest absolute Gasteiger partial charge is 0.332 e. The highest BCUT2D eigenvalue weighted by Crippen LogP contribution is 3.00. The second-order valence-electron chi connectivity index (χ2n) is 15.1. The van der Waals surface area contributed by atoms with Crippen molar-refractivity contribution in [3.05, 3.63) is 101 Å². The van der Waals surface area contributed by atoms with Gasteiger partial charge in [0.25, 0.3) is 11.1 Å². The standard InChI is InChI=1S/C40H50N8O8/c1-11-45-31-28(34(49)47(13-3)36(45)51)43(5)27(41-31)19-26-38(17-15-22(53-7)24(20-38)55-9)40(26)30(39(40)18-16-23(54-8)25(21-39)56-10)33-42-32-29(44(33)6)35(50)48(14-4)37(52)46(32)12-2/h15-16,20-21,26,30H,11-14,17-19H2,1-10H3. The zero-order valence-corrected chi connectivity index (χ0v) is 33.8. The molecule has 0 amide bonds. The summed E-state index contributed by atoms with van der Waals surface area (Å²) in [5, 5.41) is 0. The Morgan fingerprint density at radius 2 is 1.07 bits per heavy atom. The van der Waals surface area contributed by atoms with Crippen molar-refractivity contribution in [1.29, 1.82) is 0 Å². The minimum absolute atomic E-state index is 0.113. The Balaban J connectivity index is 1.41. The zero-order valence-electron chi connectivity index (χ0n) is 33.8. The number of methoxy groups -OCH3 is 4. The molecule has 4 aromatic heterocycles. The summed E-state index contributed by atoms with van der Waals surface area (Å²) >= 11 is 0. The average molecular weight is 771 g/mol. The molecule has 56 heavy (non-hydrogen) atoms. The van der Waals surface area contributed by atoms with E-state index in [-0.39, 0.29) is 41.7 Å². The number of aryl methyl sites for hydroxylation is 4. The second-order valence-corrected chi connectivity index (χ2v) is 15.1. The lowest BCUT2D eigenvalue weighted by Crippen LogP contribution is -2.39. The molecule has 0 radical (unpaired) electrons. The highest BCUT2D eigenvalue weighted by atomic mass is 16.5. The molecule has 16 heteroatoms. The third-order valence-corrected chi connectivity index (χ3v) is 13.4. The van der Waals surface area contributed by atoms with Crippen molar-refractivity contribution >= 4 is 22.3 Å². The van der Waals surface area contributed by atoms with Gasteiger partial charge in [-0.3, -0.25) is 27.9 Å². The Morgan fingerprint density at radius 1 is 0.625 bits per heavy atom. The number of ether oxygens (including phenoxy) is 4. The summed E-state index contributed by atoms with van der Waals surface area (Å²) in [4.78, 5) is 65.0. The van der Waals surface area contributed by atoms with E-state index in [1.807, 2.05) is 37.1 Å². The van der Waals surface area contributed by atoms with Crippen LogP contribution in [0.25, 0.3) is 22.3 Å². The van der Waals surface area contributed by atoms with E-state index in [0.29, 0.717) is 89.4 Å². The van der Waals surface area contributed by atoms with Gasteiger partial charge in [-0.05, 0) is 70.8 Å². The summed E-state index contributed by atoms with van der Waals surface area (Å²) in [5.41, 5.74) is -1.77. The molecule has 4 aromatic rings. The Labute approximate surface area is 322 Å². The molecule has 0 N–H and O–H groups in total. The van der Waals surface area contributed by atoms with Gasteiger partial charge in [-0.1, -0.05) is 0 Å². The zero-order chi connectivity index (χ0) is 40.2. The van der Waals surface area contributed by atoms with Crippen molar-refractivity contribution in [3.8, 4) is 0 Å². The van der Waals surface area contributed by atoms with Crippen LogP contribution >= 0.6 is 0 Å². The Morgan fingerprint density at radius 3 is 1.55 bits per heavy atom. The lowest BCUT2D eigenvalue weighted by Gasteiger charge is -2.24. The van der Waals surface area contributed by atoms with E-state index in [2.05, 4.69) is 24.3 Å². The monoisotopic (exact) mass is 770 g/mol. The van der Waals surface area contributed by atoms with Crippen LogP contribution in [0.5, 0.6) is 0 Å². The van der Waals surface area contributed by atoms with Gasteiger partial charge >= 0.3 is 11.4 Å². The minimum atomic E-state index is -0.597. The lowest BCUT2D eigenvalue weighted by atomic mass is 9.85. The highest BCUT2D eigenvalue weighted by molar-refractivity contribution is 5.73. The lowest BCUT2D eigenvalue weighted by molar-refractivity contribution is 0.205. The van der Waals surface area contributed by atoms with Gasteiger partial charge in [-0.2, -0.15) is 0 Å². The predicted octanol–water partition coefficient (Wildman–Crippen LogP) is 3.04. The van der Waals surface area contributed by atoms with E-state index >= 15 is 0 Å². The SMILES string of the molecule is CCn1c(=O)c2c(nc(CC3C4(C=C(OC)C(OC)=CC4)C34C(c3nc5c(c(=O)n(CC)c(=O)n5CC)n3C)C43C=C(OC)C(OC)=CC3)n2C)n(CC)c1=O. The summed E-state index contributed by atoms with van der Waals surface area (Å²) in [7, 11) is 10.2. The molecule has 0 saturated heterocycles. The van der Waals surface area contributed by atoms with E-state index < -0.39 is 21.9 Å². The van der Waals surface area contributed by atoms with Crippen LogP contribution in [0.3, 0.4) is 0 Å². The van der Waals surface area contributed by atoms with Crippen LogP contribution in [0.1, 0.15) is 58.1 Å². The highest BCUT2D eigenvalue weighted by Gasteiger charge is 2.97. The van der Waals surface area contributed by atoms with Crippen LogP contribution < -0.4 is 22.5 Å². The molecule has 4 aliphatic rings. The molecule has 16 nitrogen and oxygen atoms in total. The first-order valence-corrected chi connectivity index (χ1v) is 19.3.